The van der Waals surface area contributed by atoms with E-state index in [-0.39, 0.29) is 11.5 Å². The standard InChI is InChI=1S/C25H20ClNO3/c1-15-11-12-19(14-22(15)26)27-16(2)23(25(29)30-3)21(24(27)28)13-18-9-6-8-17-7-4-5-10-20(17)18/h4-14H,1-3H3/b21-13-. The first kappa shape index (κ1) is 19.9. The van der Waals surface area contributed by atoms with Gasteiger partial charge >= 0.3 is 5.97 Å². The van der Waals surface area contributed by atoms with Gasteiger partial charge in [-0.3, -0.25) is 9.69 Å². The van der Waals surface area contributed by atoms with Gasteiger partial charge in [0.05, 0.1) is 23.9 Å². The second kappa shape index (κ2) is 7.81. The Morgan fingerprint density at radius 1 is 1.03 bits per heavy atom. The van der Waals surface area contributed by atoms with Crippen LogP contribution in [-0.4, -0.2) is 19.0 Å². The fourth-order valence-electron chi connectivity index (χ4n) is 3.74. The number of carbonyl (C=O) groups excluding carboxylic acids is 2. The number of hydrogen-bond donors (Lipinski definition) is 0. The molecule has 3 aromatic rings. The number of amides is 1. The quantitative estimate of drug-likeness (QED) is 0.407. The van der Waals surface area contributed by atoms with Crippen LogP contribution in [0, 0.1) is 6.92 Å². The number of halogens is 1. The van der Waals surface area contributed by atoms with Gasteiger partial charge in [-0.15, -0.1) is 0 Å². The molecule has 4 rings (SSSR count). The summed E-state index contributed by atoms with van der Waals surface area (Å²) in [7, 11) is 1.31. The number of allylic oxidation sites excluding steroid dienone is 1. The normalized spacial score (nSPS) is 15.4. The average molecular weight is 418 g/mol. The number of nitrogens with zero attached hydrogens (tertiary/aromatic N) is 1. The number of esters is 1. The number of carbonyl (C=O) groups is 2. The first-order valence-electron chi connectivity index (χ1n) is 9.52. The molecule has 1 aliphatic rings. The Labute approximate surface area is 180 Å². The summed E-state index contributed by atoms with van der Waals surface area (Å²) in [5.74, 6) is -0.839. The molecule has 0 unspecified atom stereocenters. The molecule has 0 atom stereocenters. The van der Waals surface area contributed by atoms with Crippen molar-refractivity contribution in [1.82, 2.24) is 0 Å². The second-order valence-electron chi connectivity index (χ2n) is 7.15. The molecule has 3 aromatic carbocycles. The third-order valence-electron chi connectivity index (χ3n) is 5.33. The predicted molar refractivity (Wildman–Crippen MR) is 120 cm³/mol. The first-order chi connectivity index (χ1) is 14.4. The van der Waals surface area contributed by atoms with Crippen molar-refractivity contribution in [3.8, 4) is 0 Å². The van der Waals surface area contributed by atoms with Crippen LogP contribution in [0.2, 0.25) is 5.02 Å². The Morgan fingerprint density at radius 2 is 1.77 bits per heavy atom. The van der Waals surface area contributed by atoms with E-state index in [1.165, 1.54) is 12.0 Å². The summed E-state index contributed by atoms with van der Waals surface area (Å²) in [5.41, 5.74) is 3.44. The SMILES string of the molecule is COC(=O)C1=C(C)N(c2ccc(C)c(Cl)c2)C(=O)/C1=C\c1cccc2ccccc12. The Kier molecular flexibility index (Phi) is 5.18. The summed E-state index contributed by atoms with van der Waals surface area (Å²) in [5, 5.41) is 2.61. The Hall–Kier alpha value is -3.37. The fourth-order valence-corrected chi connectivity index (χ4v) is 3.92. The number of fused-ring (bicyclic) bond motifs is 1. The van der Waals surface area contributed by atoms with Gasteiger partial charge in [-0.25, -0.2) is 4.79 Å². The molecule has 0 N–H and O–H groups in total. The third kappa shape index (κ3) is 3.29. The van der Waals surface area contributed by atoms with E-state index in [1.54, 1.807) is 19.1 Å². The molecule has 0 aliphatic carbocycles. The van der Waals surface area contributed by atoms with E-state index >= 15 is 0 Å². The van der Waals surface area contributed by atoms with Crippen LogP contribution in [0.1, 0.15) is 18.1 Å². The maximum absolute atomic E-state index is 13.4. The van der Waals surface area contributed by atoms with Gasteiger partial charge in [0.15, 0.2) is 0 Å². The number of rotatable bonds is 3. The summed E-state index contributed by atoms with van der Waals surface area (Å²) in [6.07, 6.45) is 1.76. The van der Waals surface area contributed by atoms with Crippen LogP contribution in [0.25, 0.3) is 16.8 Å². The van der Waals surface area contributed by atoms with Crippen LogP contribution in [0.3, 0.4) is 0 Å². The molecule has 5 heteroatoms. The van der Waals surface area contributed by atoms with Gasteiger partial charge in [-0.1, -0.05) is 60.1 Å². The minimum Gasteiger partial charge on any atom is -0.465 e. The molecule has 0 bridgehead atoms. The molecule has 0 aromatic heterocycles. The van der Waals surface area contributed by atoms with E-state index in [2.05, 4.69) is 0 Å². The van der Waals surface area contributed by atoms with Gasteiger partial charge in [-0.05, 0) is 54.0 Å². The summed E-state index contributed by atoms with van der Waals surface area (Å²) in [6.45, 7) is 3.63. The maximum atomic E-state index is 13.4. The summed E-state index contributed by atoms with van der Waals surface area (Å²) >= 11 is 6.29. The molecular weight excluding hydrogens is 398 g/mol. The monoisotopic (exact) mass is 417 g/mol. The van der Waals surface area contributed by atoms with E-state index in [0.717, 1.165) is 21.9 Å². The summed E-state index contributed by atoms with van der Waals surface area (Å²) in [6, 6.07) is 19.2. The van der Waals surface area contributed by atoms with Crippen molar-refractivity contribution in [2.45, 2.75) is 13.8 Å². The lowest BCUT2D eigenvalue weighted by atomic mass is 9.99. The zero-order valence-electron chi connectivity index (χ0n) is 16.9. The molecule has 1 amide bonds. The lowest BCUT2D eigenvalue weighted by Crippen LogP contribution is -2.24. The molecule has 4 nitrogen and oxygen atoms in total. The van der Waals surface area contributed by atoms with E-state index in [0.29, 0.717) is 22.0 Å². The Bertz CT molecular complexity index is 1250. The molecule has 30 heavy (non-hydrogen) atoms. The topological polar surface area (TPSA) is 46.6 Å². The molecule has 0 fully saturated rings. The van der Waals surface area contributed by atoms with Crippen LogP contribution in [0.4, 0.5) is 5.69 Å². The Balaban J connectivity index is 1.90. The van der Waals surface area contributed by atoms with Crippen LogP contribution < -0.4 is 4.90 Å². The van der Waals surface area contributed by atoms with E-state index in [9.17, 15) is 9.59 Å². The van der Waals surface area contributed by atoms with Gasteiger partial charge < -0.3 is 4.74 Å². The van der Waals surface area contributed by atoms with Crippen molar-refractivity contribution in [2.75, 3.05) is 12.0 Å². The number of anilines is 1. The molecule has 150 valence electrons. The Morgan fingerprint density at radius 3 is 2.50 bits per heavy atom. The van der Waals surface area contributed by atoms with Crippen molar-refractivity contribution in [1.29, 1.82) is 0 Å². The van der Waals surface area contributed by atoms with Crippen LogP contribution in [-0.2, 0) is 14.3 Å². The fraction of sp³-hybridized carbons (Fsp3) is 0.120. The highest BCUT2D eigenvalue weighted by atomic mass is 35.5. The molecule has 0 saturated heterocycles. The maximum Gasteiger partial charge on any atom is 0.340 e. The highest BCUT2D eigenvalue weighted by Crippen LogP contribution is 2.37. The van der Waals surface area contributed by atoms with E-state index < -0.39 is 5.97 Å². The van der Waals surface area contributed by atoms with Gasteiger partial charge in [0.25, 0.3) is 5.91 Å². The molecule has 1 heterocycles. The molecule has 1 aliphatic heterocycles. The molecule has 0 radical (unpaired) electrons. The van der Waals surface area contributed by atoms with Gasteiger partial charge in [-0.2, -0.15) is 0 Å². The molecular formula is C25H20ClNO3. The minimum absolute atomic E-state index is 0.257. The van der Waals surface area contributed by atoms with Gasteiger partial charge in [0.2, 0.25) is 0 Å². The lowest BCUT2D eigenvalue weighted by Gasteiger charge is -2.18. The van der Waals surface area contributed by atoms with Crippen molar-refractivity contribution < 1.29 is 14.3 Å². The van der Waals surface area contributed by atoms with Gasteiger partial charge in [0, 0.05) is 10.7 Å². The van der Waals surface area contributed by atoms with Gasteiger partial charge in [0.1, 0.15) is 0 Å². The highest BCUT2D eigenvalue weighted by molar-refractivity contribution is 6.32. The minimum atomic E-state index is -0.548. The number of hydrogen-bond acceptors (Lipinski definition) is 3. The van der Waals surface area contributed by atoms with E-state index in [4.69, 9.17) is 16.3 Å². The smallest absolute Gasteiger partial charge is 0.340 e. The number of aryl methyl sites for hydroxylation is 1. The number of benzene rings is 3. The highest BCUT2D eigenvalue weighted by Gasteiger charge is 2.38. The zero-order valence-corrected chi connectivity index (χ0v) is 17.7. The van der Waals surface area contributed by atoms with Crippen LogP contribution >= 0.6 is 11.6 Å². The van der Waals surface area contributed by atoms with Crippen LogP contribution in [0.15, 0.2) is 77.5 Å². The molecule has 0 spiro atoms. The average Bonchev–Trinajstić information content (AvgIpc) is 2.99. The molecule has 0 saturated carbocycles. The number of methoxy groups -OCH3 is 1. The summed E-state index contributed by atoms with van der Waals surface area (Å²) < 4.78 is 4.99. The van der Waals surface area contributed by atoms with Crippen molar-refractivity contribution in [2.24, 2.45) is 0 Å². The third-order valence-corrected chi connectivity index (χ3v) is 5.73. The van der Waals surface area contributed by atoms with Crippen molar-refractivity contribution >= 4 is 46.0 Å². The number of ether oxygens (including phenoxy) is 1. The first-order valence-corrected chi connectivity index (χ1v) is 9.90. The van der Waals surface area contributed by atoms with Crippen molar-refractivity contribution in [3.63, 3.8) is 0 Å². The van der Waals surface area contributed by atoms with Crippen molar-refractivity contribution in [3.05, 3.63) is 93.7 Å². The second-order valence-corrected chi connectivity index (χ2v) is 7.56. The summed E-state index contributed by atoms with van der Waals surface area (Å²) in [4.78, 5) is 27.6. The van der Waals surface area contributed by atoms with E-state index in [1.807, 2.05) is 61.5 Å². The lowest BCUT2D eigenvalue weighted by molar-refractivity contribution is -0.136. The largest absolute Gasteiger partial charge is 0.465 e. The van der Waals surface area contributed by atoms with Crippen LogP contribution in [0.5, 0.6) is 0 Å². The zero-order chi connectivity index (χ0) is 21.4. The predicted octanol–water partition coefficient (Wildman–Crippen LogP) is 5.68.